The average molecular weight is 223 g/mol. The normalized spacial score (nSPS) is 27.1. The molecule has 90 valence electrons. The number of furan rings is 1. The molecule has 1 fully saturated rings. The van der Waals surface area contributed by atoms with Gasteiger partial charge in [0, 0.05) is 0 Å². The fourth-order valence-corrected chi connectivity index (χ4v) is 2.48. The van der Waals surface area contributed by atoms with Crippen LogP contribution < -0.4 is 5.32 Å². The smallest absolute Gasteiger partial charge is 0.120 e. The van der Waals surface area contributed by atoms with Gasteiger partial charge in [-0.05, 0) is 50.3 Å². The van der Waals surface area contributed by atoms with Crippen LogP contribution in [-0.4, -0.2) is 17.8 Å². The molecule has 1 aliphatic rings. The molecule has 0 saturated heterocycles. The third-order valence-electron chi connectivity index (χ3n) is 3.46. The Hall–Kier alpha value is -0.800. The summed E-state index contributed by atoms with van der Waals surface area (Å²) >= 11 is 0. The van der Waals surface area contributed by atoms with Crippen molar-refractivity contribution >= 4 is 0 Å². The van der Waals surface area contributed by atoms with Gasteiger partial charge in [0.2, 0.25) is 0 Å². The topological polar surface area (TPSA) is 45.4 Å². The van der Waals surface area contributed by atoms with Crippen molar-refractivity contribution in [1.29, 1.82) is 0 Å². The number of hydrogen-bond acceptors (Lipinski definition) is 3. The van der Waals surface area contributed by atoms with Crippen LogP contribution in [0.15, 0.2) is 22.8 Å². The Morgan fingerprint density at radius 1 is 1.56 bits per heavy atom. The average Bonchev–Trinajstić information content (AvgIpc) is 2.91. The molecule has 2 N–H and O–H groups in total. The first-order valence-electron chi connectivity index (χ1n) is 6.24. The fraction of sp³-hybridized carbons (Fsp3) is 0.692. The third kappa shape index (κ3) is 2.86. The van der Waals surface area contributed by atoms with E-state index in [0.29, 0.717) is 12.0 Å². The molecule has 0 amide bonds. The van der Waals surface area contributed by atoms with Crippen LogP contribution >= 0.6 is 0 Å². The highest BCUT2D eigenvalue weighted by atomic mass is 16.3. The summed E-state index contributed by atoms with van der Waals surface area (Å²) in [6.07, 6.45) is 5.73. The molecule has 3 nitrogen and oxygen atoms in total. The number of aliphatic hydroxyl groups is 1. The monoisotopic (exact) mass is 223 g/mol. The van der Waals surface area contributed by atoms with Crippen molar-refractivity contribution in [1.82, 2.24) is 5.32 Å². The maximum absolute atomic E-state index is 9.46. The van der Waals surface area contributed by atoms with Gasteiger partial charge in [0.1, 0.15) is 5.76 Å². The summed E-state index contributed by atoms with van der Waals surface area (Å²) < 4.78 is 5.41. The third-order valence-corrected chi connectivity index (χ3v) is 3.46. The molecule has 1 heterocycles. The van der Waals surface area contributed by atoms with E-state index in [9.17, 15) is 5.11 Å². The maximum Gasteiger partial charge on any atom is 0.120 e. The van der Waals surface area contributed by atoms with Gasteiger partial charge in [0.15, 0.2) is 0 Å². The fourth-order valence-electron chi connectivity index (χ4n) is 2.48. The van der Waals surface area contributed by atoms with Gasteiger partial charge in [-0.3, -0.25) is 0 Å². The number of rotatable bonds is 5. The lowest BCUT2D eigenvalue weighted by Crippen LogP contribution is -2.26. The van der Waals surface area contributed by atoms with Crippen LogP contribution in [-0.2, 0) is 0 Å². The standard InChI is InChI=1S/C13H21NO2/c1-2-12(13-4-3-7-16-13)14-9-10-5-6-11(15)8-10/h3-4,7,10-12,14-15H,2,5-6,8-9H2,1H3. The van der Waals surface area contributed by atoms with Crippen LogP contribution in [0, 0.1) is 5.92 Å². The van der Waals surface area contributed by atoms with Gasteiger partial charge in [0.05, 0.1) is 18.4 Å². The molecule has 3 atom stereocenters. The molecule has 0 bridgehead atoms. The predicted octanol–water partition coefficient (Wildman–Crippen LogP) is 2.48. The molecule has 3 heteroatoms. The van der Waals surface area contributed by atoms with Crippen molar-refractivity contribution in [2.45, 2.75) is 44.8 Å². The van der Waals surface area contributed by atoms with Crippen LogP contribution in [0.5, 0.6) is 0 Å². The molecule has 3 unspecified atom stereocenters. The summed E-state index contributed by atoms with van der Waals surface area (Å²) in [5.74, 6) is 1.64. The van der Waals surface area contributed by atoms with E-state index in [2.05, 4.69) is 12.2 Å². The van der Waals surface area contributed by atoms with Crippen molar-refractivity contribution in [3.8, 4) is 0 Å². The highest BCUT2D eigenvalue weighted by Gasteiger charge is 2.23. The van der Waals surface area contributed by atoms with Gasteiger partial charge in [-0.2, -0.15) is 0 Å². The molecule has 1 aliphatic carbocycles. The molecular formula is C13H21NO2. The molecule has 0 radical (unpaired) electrons. The molecule has 1 aromatic rings. The summed E-state index contributed by atoms with van der Waals surface area (Å²) in [6, 6.07) is 4.26. The van der Waals surface area contributed by atoms with Crippen molar-refractivity contribution in [3.05, 3.63) is 24.2 Å². The zero-order chi connectivity index (χ0) is 11.4. The zero-order valence-corrected chi connectivity index (χ0v) is 9.86. The zero-order valence-electron chi connectivity index (χ0n) is 9.86. The summed E-state index contributed by atoms with van der Waals surface area (Å²) in [4.78, 5) is 0. The Labute approximate surface area is 96.8 Å². The first-order chi connectivity index (χ1) is 7.79. The second-order valence-electron chi connectivity index (χ2n) is 4.72. The largest absolute Gasteiger partial charge is 0.468 e. The molecular weight excluding hydrogens is 202 g/mol. The van der Waals surface area contributed by atoms with E-state index in [1.807, 2.05) is 12.1 Å². The van der Waals surface area contributed by atoms with Crippen LogP contribution in [0.4, 0.5) is 0 Å². The minimum Gasteiger partial charge on any atom is -0.468 e. The Bertz CT molecular complexity index is 297. The molecule has 0 aliphatic heterocycles. The Morgan fingerprint density at radius 2 is 2.44 bits per heavy atom. The van der Waals surface area contributed by atoms with Crippen molar-refractivity contribution in [2.75, 3.05) is 6.54 Å². The molecule has 0 spiro atoms. The molecule has 0 aromatic carbocycles. The van der Waals surface area contributed by atoms with Crippen LogP contribution in [0.3, 0.4) is 0 Å². The maximum atomic E-state index is 9.46. The first kappa shape index (κ1) is 11.7. The Kier molecular flexibility index (Phi) is 4.02. The van der Waals surface area contributed by atoms with Crippen LogP contribution in [0.2, 0.25) is 0 Å². The SMILES string of the molecule is CCC(NCC1CCC(O)C1)c1ccco1. The quantitative estimate of drug-likeness (QED) is 0.806. The van der Waals surface area contributed by atoms with E-state index in [1.54, 1.807) is 6.26 Å². The molecule has 1 saturated carbocycles. The summed E-state index contributed by atoms with van der Waals surface area (Å²) in [7, 11) is 0. The minimum absolute atomic E-state index is 0.0736. The first-order valence-corrected chi connectivity index (χ1v) is 6.24. The lowest BCUT2D eigenvalue weighted by Gasteiger charge is -2.17. The van der Waals surface area contributed by atoms with Gasteiger partial charge in [-0.25, -0.2) is 0 Å². The van der Waals surface area contributed by atoms with Gasteiger partial charge in [-0.1, -0.05) is 6.92 Å². The Balaban J connectivity index is 1.79. The lowest BCUT2D eigenvalue weighted by atomic mass is 10.1. The molecule has 2 rings (SSSR count). The molecule has 1 aromatic heterocycles. The van der Waals surface area contributed by atoms with E-state index in [1.165, 1.54) is 0 Å². The van der Waals surface area contributed by atoms with E-state index in [-0.39, 0.29) is 6.10 Å². The number of nitrogens with one attached hydrogen (secondary N) is 1. The van der Waals surface area contributed by atoms with Gasteiger partial charge >= 0.3 is 0 Å². The van der Waals surface area contributed by atoms with Gasteiger partial charge < -0.3 is 14.8 Å². The van der Waals surface area contributed by atoms with Crippen LogP contribution in [0.1, 0.15) is 44.4 Å². The predicted molar refractivity (Wildman–Crippen MR) is 63.1 cm³/mol. The van der Waals surface area contributed by atoms with Crippen LogP contribution in [0.25, 0.3) is 0 Å². The minimum atomic E-state index is -0.0736. The second-order valence-corrected chi connectivity index (χ2v) is 4.72. The van der Waals surface area contributed by atoms with Crippen molar-refractivity contribution < 1.29 is 9.52 Å². The number of aliphatic hydroxyl groups excluding tert-OH is 1. The highest BCUT2D eigenvalue weighted by Crippen LogP contribution is 2.26. The van der Waals surface area contributed by atoms with Gasteiger partial charge in [-0.15, -0.1) is 0 Å². The van der Waals surface area contributed by atoms with E-state index >= 15 is 0 Å². The lowest BCUT2D eigenvalue weighted by molar-refractivity contribution is 0.177. The summed E-state index contributed by atoms with van der Waals surface area (Å²) in [5.41, 5.74) is 0. The second kappa shape index (κ2) is 5.51. The van der Waals surface area contributed by atoms with E-state index in [0.717, 1.165) is 38.0 Å². The van der Waals surface area contributed by atoms with E-state index < -0.39 is 0 Å². The summed E-state index contributed by atoms with van der Waals surface area (Å²) in [6.45, 7) is 3.14. The summed E-state index contributed by atoms with van der Waals surface area (Å²) in [5, 5.41) is 13.0. The van der Waals surface area contributed by atoms with E-state index in [4.69, 9.17) is 4.42 Å². The Morgan fingerprint density at radius 3 is 3.00 bits per heavy atom. The number of hydrogen-bond donors (Lipinski definition) is 2. The molecule has 16 heavy (non-hydrogen) atoms. The van der Waals surface area contributed by atoms with Crippen molar-refractivity contribution in [3.63, 3.8) is 0 Å². The van der Waals surface area contributed by atoms with Crippen molar-refractivity contribution in [2.24, 2.45) is 5.92 Å². The highest BCUT2D eigenvalue weighted by molar-refractivity contribution is 5.04. The van der Waals surface area contributed by atoms with Gasteiger partial charge in [0.25, 0.3) is 0 Å².